The summed E-state index contributed by atoms with van der Waals surface area (Å²) in [5.41, 5.74) is 1.33. The number of carbonyl (C=O) groups is 2. The Hall–Kier alpha value is -2.30. The van der Waals surface area contributed by atoms with Gasteiger partial charge in [-0.05, 0) is 25.0 Å². The highest BCUT2D eigenvalue weighted by Crippen LogP contribution is 2.35. The largest absolute Gasteiger partial charge is 0.302 e. The molecular weight excluding hydrogens is 517 g/mol. The van der Waals surface area contributed by atoms with Gasteiger partial charge in [-0.2, -0.15) is 4.31 Å². The molecule has 0 spiro atoms. The highest BCUT2D eigenvalue weighted by atomic mass is 35.5. The van der Waals surface area contributed by atoms with E-state index in [0.717, 1.165) is 16.9 Å². The lowest BCUT2D eigenvalue weighted by Crippen LogP contribution is -2.41. The maximum atomic E-state index is 13.1. The molecule has 1 fully saturated rings. The summed E-state index contributed by atoms with van der Waals surface area (Å²) >= 11 is 13.3. The van der Waals surface area contributed by atoms with E-state index < -0.39 is 15.9 Å². The number of carbonyl (C=O) groups excluding carboxylic acids is 2. The second kappa shape index (κ2) is 10.1. The number of hydrogen-bond acceptors (Lipinski definition) is 6. The van der Waals surface area contributed by atoms with Gasteiger partial charge in [0.15, 0.2) is 10.9 Å². The summed E-state index contributed by atoms with van der Waals surface area (Å²) < 4.78 is 27.4. The van der Waals surface area contributed by atoms with Crippen molar-refractivity contribution >= 4 is 61.4 Å². The Kier molecular flexibility index (Phi) is 7.39. The van der Waals surface area contributed by atoms with Crippen LogP contribution in [0, 0.1) is 5.92 Å². The number of thiazole rings is 1. The van der Waals surface area contributed by atoms with Gasteiger partial charge >= 0.3 is 0 Å². The SMILES string of the molecule is CC(=O)c1sc(NC(=O)C2CCN(S(=O)(=O)c3c(Cl)cccc3Cl)CC2)nc1-c1ccccc1. The summed E-state index contributed by atoms with van der Waals surface area (Å²) in [4.78, 5) is 29.8. The van der Waals surface area contributed by atoms with Crippen LogP contribution in [-0.4, -0.2) is 42.5 Å². The number of anilines is 1. The average molecular weight is 538 g/mol. The number of benzene rings is 2. The molecule has 2 heterocycles. The molecule has 0 radical (unpaired) electrons. The zero-order valence-corrected chi connectivity index (χ0v) is 21.3. The molecule has 0 aliphatic carbocycles. The zero-order valence-electron chi connectivity index (χ0n) is 18.1. The van der Waals surface area contributed by atoms with Crippen LogP contribution in [0.1, 0.15) is 29.4 Å². The highest BCUT2D eigenvalue weighted by Gasteiger charge is 2.34. The molecule has 1 N–H and O–H groups in total. The Labute approximate surface area is 211 Å². The van der Waals surface area contributed by atoms with Crippen molar-refractivity contribution in [2.24, 2.45) is 5.92 Å². The third-order valence-electron chi connectivity index (χ3n) is 5.57. The average Bonchev–Trinajstić information content (AvgIpc) is 3.23. The number of nitrogens with zero attached hydrogens (tertiary/aromatic N) is 2. The molecule has 0 bridgehead atoms. The first-order valence-corrected chi connectivity index (χ1v) is 13.5. The summed E-state index contributed by atoms with van der Waals surface area (Å²) in [5.74, 6) is -0.775. The molecule has 3 aromatic rings. The maximum absolute atomic E-state index is 13.1. The minimum absolute atomic E-state index is 0.0617. The molecule has 1 aliphatic heterocycles. The van der Waals surface area contributed by atoms with E-state index in [9.17, 15) is 18.0 Å². The van der Waals surface area contributed by atoms with E-state index in [1.54, 1.807) is 6.07 Å². The van der Waals surface area contributed by atoms with Crippen molar-refractivity contribution in [2.45, 2.75) is 24.7 Å². The molecule has 1 saturated heterocycles. The van der Waals surface area contributed by atoms with E-state index in [1.807, 2.05) is 30.3 Å². The van der Waals surface area contributed by atoms with Gasteiger partial charge in [0.05, 0.1) is 20.6 Å². The first kappa shape index (κ1) is 24.8. The van der Waals surface area contributed by atoms with Crippen LogP contribution in [0.3, 0.4) is 0 Å². The first-order chi connectivity index (χ1) is 16.2. The summed E-state index contributed by atoms with van der Waals surface area (Å²) in [6.07, 6.45) is 0.674. The van der Waals surface area contributed by atoms with Crippen LogP contribution >= 0.6 is 34.5 Å². The van der Waals surface area contributed by atoms with Crippen LogP contribution in [-0.2, 0) is 14.8 Å². The van der Waals surface area contributed by atoms with Gasteiger partial charge in [-0.3, -0.25) is 9.59 Å². The molecule has 0 atom stereocenters. The lowest BCUT2D eigenvalue weighted by Gasteiger charge is -2.30. The van der Waals surface area contributed by atoms with Crippen LogP contribution in [0.2, 0.25) is 10.0 Å². The predicted octanol–water partition coefficient (Wildman–Crippen LogP) is 5.36. The van der Waals surface area contributed by atoms with Crippen LogP contribution in [0.15, 0.2) is 53.4 Å². The minimum atomic E-state index is -3.88. The molecule has 1 aromatic heterocycles. The number of piperidine rings is 1. The molecule has 1 amide bonds. The van der Waals surface area contributed by atoms with Crippen LogP contribution < -0.4 is 5.32 Å². The van der Waals surface area contributed by atoms with Gasteiger partial charge in [0.1, 0.15) is 4.90 Å². The number of amides is 1. The zero-order chi connectivity index (χ0) is 24.5. The molecule has 4 rings (SSSR count). The van der Waals surface area contributed by atoms with Crippen LogP contribution in [0.5, 0.6) is 0 Å². The lowest BCUT2D eigenvalue weighted by atomic mass is 9.97. The third kappa shape index (κ3) is 5.04. The quantitative estimate of drug-likeness (QED) is 0.427. The number of Topliss-reactive ketones (excluding diaryl/α,β-unsaturated/α-hetero) is 1. The Morgan fingerprint density at radius 2 is 1.65 bits per heavy atom. The van der Waals surface area contributed by atoms with Gasteiger partial charge in [0.25, 0.3) is 0 Å². The standard InChI is InChI=1S/C23H21Cl2N3O4S2/c1-14(29)20-19(15-6-3-2-4-7-15)26-23(33-20)27-22(30)16-10-12-28(13-11-16)34(31,32)21-17(24)8-5-9-18(21)25/h2-9,16H,10-13H2,1H3,(H,26,27,30). The van der Waals surface area contributed by atoms with Crippen molar-refractivity contribution < 1.29 is 18.0 Å². The Bertz CT molecular complexity index is 1320. The van der Waals surface area contributed by atoms with E-state index in [4.69, 9.17) is 23.2 Å². The molecule has 11 heteroatoms. The fourth-order valence-corrected chi connectivity index (χ4v) is 7.27. The summed E-state index contributed by atoms with van der Waals surface area (Å²) in [7, 11) is -3.88. The molecular formula is C23H21Cl2N3O4S2. The lowest BCUT2D eigenvalue weighted by molar-refractivity contribution is -0.120. The molecule has 0 saturated carbocycles. The second-order valence-electron chi connectivity index (χ2n) is 7.84. The van der Waals surface area contributed by atoms with E-state index in [2.05, 4.69) is 10.3 Å². The number of nitrogens with one attached hydrogen (secondary N) is 1. The maximum Gasteiger partial charge on any atom is 0.246 e. The van der Waals surface area contributed by atoms with Gasteiger partial charge in [-0.1, -0.05) is 70.9 Å². The fourth-order valence-electron chi connectivity index (χ4n) is 3.83. The molecule has 1 aliphatic rings. The molecule has 0 unspecified atom stereocenters. The van der Waals surface area contributed by atoms with E-state index in [0.29, 0.717) is 28.5 Å². The number of ketones is 1. The van der Waals surface area contributed by atoms with Crippen LogP contribution in [0.25, 0.3) is 11.3 Å². The van der Waals surface area contributed by atoms with Crippen molar-refractivity contribution in [3.63, 3.8) is 0 Å². The van der Waals surface area contributed by atoms with Gasteiger partial charge in [-0.15, -0.1) is 0 Å². The van der Waals surface area contributed by atoms with Crippen molar-refractivity contribution in [2.75, 3.05) is 18.4 Å². The van der Waals surface area contributed by atoms with E-state index in [1.165, 1.54) is 23.4 Å². The Morgan fingerprint density at radius 1 is 1.03 bits per heavy atom. The van der Waals surface area contributed by atoms with E-state index >= 15 is 0 Å². The van der Waals surface area contributed by atoms with E-state index in [-0.39, 0.29) is 39.7 Å². The topological polar surface area (TPSA) is 96.4 Å². The minimum Gasteiger partial charge on any atom is -0.302 e. The monoisotopic (exact) mass is 537 g/mol. The molecule has 7 nitrogen and oxygen atoms in total. The van der Waals surface area contributed by atoms with Gasteiger partial charge in [-0.25, -0.2) is 13.4 Å². The van der Waals surface area contributed by atoms with Crippen LogP contribution in [0.4, 0.5) is 5.13 Å². The number of aromatic nitrogens is 1. The fraction of sp³-hybridized carbons (Fsp3) is 0.261. The Balaban J connectivity index is 1.45. The third-order valence-corrected chi connectivity index (χ3v) is 9.49. The van der Waals surface area contributed by atoms with Crippen molar-refractivity contribution in [1.82, 2.24) is 9.29 Å². The smallest absolute Gasteiger partial charge is 0.246 e. The van der Waals surface area contributed by atoms with Crippen molar-refractivity contribution in [3.05, 3.63) is 63.5 Å². The summed E-state index contributed by atoms with van der Waals surface area (Å²) in [5, 5.41) is 3.27. The first-order valence-electron chi connectivity index (χ1n) is 10.5. The van der Waals surface area contributed by atoms with Crippen molar-refractivity contribution in [1.29, 1.82) is 0 Å². The second-order valence-corrected chi connectivity index (χ2v) is 11.5. The Morgan fingerprint density at radius 3 is 2.24 bits per heavy atom. The van der Waals surface area contributed by atoms with Gasteiger partial charge in [0.2, 0.25) is 15.9 Å². The molecule has 34 heavy (non-hydrogen) atoms. The number of hydrogen-bond donors (Lipinski definition) is 1. The summed E-state index contributed by atoms with van der Waals surface area (Å²) in [6, 6.07) is 13.8. The molecule has 2 aromatic carbocycles. The highest BCUT2D eigenvalue weighted by molar-refractivity contribution is 7.89. The molecule has 178 valence electrons. The normalized spacial score (nSPS) is 15.3. The predicted molar refractivity (Wildman–Crippen MR) is 134 cm³/mol. The van der Waals surface area contributed by atoms with Crippen molar-refractivity contribution in [3.8, 4) is 11.3 Å². The number of rotatable bonds is 6. The van der Waals surface area contributed by atoms with Gasteiger partial charge in [0, 0.05) is 31.5 Å². The number of halogens is 2. The van der Waals surface area contributed by atoms with Gasteiger partial charge < -0.3 is 5.32 Å². The summed E-state index contributed by atoms with van der Waals surface area (Å²) in [6.45, 7) is 1.79. The number of sulfonamides is 1.